The lowest BCUT2D eigenvalue weighted by Gasteiger charge is -2.04. The second kappa shape index (κ2) is 8.15. The van der Waals surface area contributed by atoms with E-state index in [2.05, 4.69) is 15.5 Å². The first-order chi connectivity index (χ1) is 14.2. The van der Waals surface area contributed by atoms with E-state index in [1.165, 1.54) is 18.4 Å². The van der Waals surface area contributed by atoms with E-state index in [1.54, 1.807) is 30.8 Å². The fourth-order valence-corrected chi connectivity index (χ4v) is 3.45. The Hall–Kier alpha value is -3.65. The number of hydrazone groups is 1. The minimum atomic E-state index is -0.473. The molecule has 0 saturated heterocycles. The third kappa shape index (κ3) is 3.97. The molecule has 0 aliphatic carbocycles. The maximum atomic E-state index is 12.5. The minimum absolute atomic E-state index is 0.381. The lowest BCUT2D eigenvalue weighted by atomic mass is 10.1. The summed E-state index contributed by atoms with van der Waals surface area (Å²) >= 11 is 1.34. The number of nitrogens with one attached hydrogen (secondary N) is 1. The smallest absolute Gasteiger partial charge is 0.345 e. The van der Waals surface area contributed by atoms with E-state index in [-0.39, 0.29) is 0 Å². The van der Waals surface area contributed by atoms with Gasteiger partial charge in [0.2, 0.25) is 5.13 Å². The highest BCUT2D eigenvalue weighted by Gasteiger charge is 2.13. The predicted octanol–water partition coefficient (Wildman–Crippen LogP) is 4.38. The van der Waals surface area contributed by atoms with Crippen LogP contribution in [-0.2, 0) is 0 Å². The number of benzene rings is 2. The second-order valence-electron chi connectivity index (χ2n) is 6.01. The van der Waals surface area contributed by atoms with Gasteiger partial charge in [0.1, 0.15) is 5.75 Å². The molecule has 1 N–H and O–H groups in total. The Balaban J connectivity index is 1.56. The maximum absolute atomic E-state index is 12.5. The Bertz CT molecular complexity index is 1250. The number of rotatable bonds is 6. The number of methoxy groups -OCH3 is 2. The Morgan fingerprint density at radius 2 is 2.00 bits per heavy atom. The Morgan fingerprint density at radius 3 is 2.83 bits per heavy atom. The Kier molecular flexibility index (Phi) is 5.26. The highest BCUT2D eigenvalue weighted by Crippen LogP contribution is 2.29. The highest BCUT2D eigenvalue weighted by atomic mass is 32.1. The first-order valence-electron chi connectivity index (χ1n) is 8.68. The number of thiazole rings is 1. The van der Waals surface area contributed by atoms with E-state index in [4.69, 9.17) is 13.9 Å². The summed E-state index contributed by atoms with van der Waals surface area (Å²) in [6.45, 7) is 0. The molecule has 0 amide bonds. The maximum Gasteiger partial charge on any atom is 0.345 e. The van der Waals surface area contributed by atoms with Gasteiger partial charge in [-0.2, -0.15) is 5.10 Å². The van der Waals surface area contributed by atoms with Crippen LogP contribution < -0.4 is 20.5 Å². The third-order valence-corrected chi connectivity index (χ3v) is 4.94. The van der Waals surface area contributed by atoms with Crippen LogP contribution in [0.3, 0.4) is 0 Å². The average Bonchev–Trinajstić information content (AvgIpc) is 3.21. The largest absolute Gasteiger partial charge is 0.497 e. The molecule has 0 bridgehead atoms. The summed E-state index contributed by atoms with van der Waals surface area (Å²) in [6, 6.07) is 14.7. The van der Waals surface area contributed by atoms with Crippen molar-refractivity contribution in [3.8, 4) is 22.8 Å². The fourth-order valence-electron chi connectivity index (χ4n) is 2.79. The van der Waals surface area contributed by atoms with E-state index in [1.807, 2.05) is 36.4 Å². The summed E-state index contributed by atoms with van der Waals surface area (Å²) in [6.07, 6.45) is 1.67. The van der Waals surface area contributed by atoms with Crippen molar-refractivity contribution < 1.29 is 13.9 Å². The number of hydrogen-bond acceptors (Lipinski definition) is 8. The van der Waals surface area contributed by atoms with Gasteiger partial charge < -0.3 is 13.9 Å². The molecule has 0 spiro atoms. The zero-order chi connectivity index (χ0) is 20.2. The number of anilines is 1. The molecule has 0 saturated carbocycles. The van der Waals surface area contributed by atoms with Crippen LogP contribution in [0.1, 0.15) is 5.56 Å². The number of nitrogens with zero attached hydrogens (tertiary/aromatic N) is 2. The van der Waals surface area contributed by atoms with Crippen LogP contribution >= 0.6 is 11.3 Å². The van der Waals surface area contributed by atoms with E-state index < -0.39 is 5.63 Å². The lowest BCUT2D eigenvalue weighted by molar-refractivity contribution is 0.407. The molecule has 2 aromatic carbocycles. The van der Waals surface area contributed by atoms with Crippen LogP contribution in [0.2, 0.25) is 0 Å². The third-order valence-electron chi connectivity index (χ3n) is 4.19. The van der Waals surface area contributed by atoms with Crippen molar-refractivity contribution in [3.63, 3.8) is 0 Å². The summed E-state index contributed by atoms with van der Waals surface area (Å²) < 4.78 is 15.9. The molecular weight excluding hydrogens is 390 g/mol. The van der Waals surface area contributed by atoms with Crippen LogP contribution in [0.5, 0.6) is 11.5 Å². The molecule has 0 unspecified atom stereocenters. The molecule has 4 aromatic rings. The lowest BCUT2D eigenvalue weighted by Crippen LogP contribution is -2.03. The molecule has 2 aromatic heterocycles. The molecule has 0 aliphatic heterocycles. The Labute approximate surface area is 170 Å². The molecule has 29 heavy (non-hydrogen) atoms. The normalized spacial score (nSPS) is 11.1. The van der Waals surface area contributed by atoms with Gasteiger partial charge in [-0.15, -0.1) is 11.3 Å². The summed E-state index contributed by atoms with van der Waals surface area (Å²) in [5.41, 5.74) is 4.61. The molecule has 0 fully saturated rings. The van der Waals surface area contributed by atoms with Crippen LogP contribution in [0, 0.1) is 0 Å². The van der Waals surface area contributed by atoms with Crippen molar-refractivity contribution in [1.29, 1.82) is 0 Å². The zero-order valence-electron chi connectivity index (χ0n) is 15.7. The van der Waals surface area contributed by atoms with Gasteiger partial charge in [0, 0.05) is 10.8 Å². The molecule has 0 atom stereocenters. The second-order valence-corrected chi connectivity index (χ2v) is 6.87. The van der Waals surface area contributed by atoms with Gasteiger partial charge in [0.05, 0.1) is 31.7 Å². The first-order valence-corrected chi connectivity index (χ1v) is 9.56. The summed E-state index contributed by atoms with van der Waals surface area (Å²) in [5.74, 6) is 1.27. The standard InChI is InChI=1S/C21H17N3O4S/c1-26-15-7-3-5-13(9-15)11-22-24-21-23-17(12-29-21)16-10-14-6-4-8-18(27-2)19(14)28-20(16)25/h3-12H,1-2H3,(H,23,24). The van der Waals surface area contributed by atoms with Crippen molar-refractivity contribution in [2.24, 2.45) is 5.10 Å². The molecule has 146 valence electrons. The van der Waals surface area contributed by atoms with Gasteiger partial charge >= 0.3 is 5.63 Å². The van der Waals surface area contributed by atoms with E-state index in [9.17, 15) is 4.79 Å². The monoisotopic (exact) mass is 407 g/mol. The number of ether oxygens (including phenoxy) is 2. The topological polar surface area (TPSA) is 85.9 Å². The quantitative estimate of drug-likeness (QED) is 0.290. The van der Waals surface area contributed by atoms with Gasteiger partial charge in [0.25, 0.3) is 0 Å². The molecule has 7 nitrogen and oxygen atoms in total. The number of hydrogen-bond donors (Lipinski definition) is 1. The van der Waals surface area contributed by atoms with Crippen LogP contribution in [-0.4, -0.2) is 25.4 Å². The Morgan fingerprint density at radius 1 is 1.14 bits per heavy atom. The molecule has 8 heteroatoms. The zero-order valence-corrected chi connectivity index (χ0v) is 16.5. The van der Waals surface area contributed by atoms with Crippen molar-refractivity contribution in [2.45, 2.75) is 0 Å². The molecule has 4 rings (SSSR count). The minimum Gasteiger partial charge on any atom is -0.497 e. The van der Waals surface area contributed by atoms with Gasteiger partial charge in [-0.05, 0) is 29.8 Å². The summed E-state index contributed by atoms with van der Waals surface area (Å²) in [4.78, 5) is 16.9. The molecular formula is C21H17N3O4S. The fraction of sp³-hybridized carbons (Fsp3) is 0.0952. The number of aromatic nitrogens is 1. The van der Waals surface area contributed by atoms with Gasteiger partial charge in [-0.3, -0.25) is 5.43 Å². The first kappa shape index (κ1) is 18.7. The molecule has 0 aliphatic rings. The number of fused-ring (bicyclic) bond motifs is 1. The summed E-state index contributed by atoms with van der Waals surface area (Å²) in [5, 5.41) is 7.29. The van der Waals surface area contributed by atoms with Gasteiger partial charge in [-0.1, -0.05) is 24.3 Å². The van der Waals surface area contributed by atoms with Crippen molar-refractivity contribution in [2.75, 3.05) is 19.6 Å². The van der Waals surface area contributed by atoms with Crippen LogP contribution in [0.25, 0.3) is 22.2 Å². The molecule has 2 heterocycles. The van der Waals surface area contributed by atoms with Crippen molar-refractivity contribution in [1.82, 2.24) is 4.98 Å². The van der Waals surface area contributed by atoms with Crippen molar-refractivity contribution in [3.05, 3.63) is 69.9 Å². The van der Waals surface area contributed by atoms with E-state index in [0.717, 1.165) is 16.7 Å². The van der Waals surface area contributed by atoms with Crippen LogP contribution in [0.15, 0.2) is 68.2 Å². The van der Waals surface area contributed by atoms with Gasteiger partial charge in [0.15, 0.2) is 11.3 Å². The van der Waals surface area contributed by atoms with Gasteiger partial charge in [-0.25, -0.2) is 9.78 Å². The van der Waals surface area contributed by atoms with E-state index >= 15 is 0 Å². The molecule has 0 radical (unpaired) electrons. The average molecular weight is 407 g/mol. The van der Waals surface area contributed by atoms with Crippen LogP contribution in [0.4, 0.5) is 5.13 Å². The highest BCUT2D eigenvalue weighted by molar-refractivity contribution is 7.14. The van der Waals surface area contributed by atoms with Crippen molar-refractivity contribution >= 4 is 33.7 Å². The predicted molar refractivity (Wildman–Crippen MR) is 114 cm³/mol. The van der Waals surface area contributed by atoms with E-state index in [0.29, 0.717) is 27.7 Å². The summed E-state index contributed by atoms with van der Waals surface area (Å²) in [7, 11) is 3.15. The SMILES string of the molecule is COc1cccc(C=NNc2nc(-c3cc4cccc(OC)c4oc3=O)cs2)c1. The number of para-hydroxylation sites is 1.